The molecule has 100 valence electrons. The highest BCUT2D eigenvalue weighted by Gasteiger charge is 2.17. The Labute approximate surface area is 118 Å². The van der Waals surface area contributed by atoms with E-state index in [1.165, 1.54) is 7.11 Å². The van der Waals surface area contributed by atoms with Gasteiger partial charge in [0.15, 0.2) is 0 Å². The summed E-state index contributed by atoms with van der Waals surface area (Å²) >= 11 is 5.84. The van der Waals surface area contributed by atoms with E-state index in [0.717, 1.165) is 16.3 Å². The maximum absolute atomic E-state index is 11.8. The lowest BCUT2D eigenvalue weighted by Gasteiger charge is -1.99. The molecule has 0 aliphatic rings. The Bertz CT molecular complexity index is 854. The largest absolute Gasteiger partial charge is 0.463 e. The highest BCUT2D eigenvalue weighted by Crippen LogP contribution is 2.26. The molecule has 0 bridgehead atoms. The Balaban J connectivity index is 2.22. The summed E-state index contributed by atoms with van der Waals surface area (Å²) in [7, 11) is 1.18. The topological polar surface area (TPSA) is 72.1 Å². The summed E-state index contributed by atoms with van der Waals surface area (Å²) in [4.78, 5) is 30.4. The van der Waals surface area contributed by atoms with E-state index in [4.69, 9.17) is 11.6 Å². The van der Waals surface area contributed by atoms with E-state index in [1.807, 2.05) is 6.07 Å². The van der Waals surface area contributed by atoms with Crippen LogP contribution in [0.15, 0.2) is 30.3 Å². The van der Waals surface area contributed by atoms with Gasteiger partial charge in [-0.3, -0.25) is 4.79 Å². The first-order valence-electron chi connectivity index (χ1n) is 5.81. The van der Waals surface area contributed by atoms with Gasteiger partial charge in [-0.05, 0) is 30.3 Å². The first-order chi connectivity index (χ1) is 9.60. The van der Waals surface area contributed by atoms with E-state index in [9.17, 15) is 9.59 Å². The first kappa shape index (κ1) is 12.6. The van der Waals surface area contributed by atoms with Crippen molar-refractivity contribution in [1.82, 2.24) is 9.97 Å². The van der Waals surface area contributed by atoms with Gasteiger partial charge < -0.3 is 9.72 Å². The summed E-state index contributed by atoms with van der Waals surface area (Å²) in [6.07, 6.45) is 0. The number of rotatable bonds is 2. The number of aromatic amines is 1. The molecule has 0 aliphatic carbocycles. The number of hydrogen-bond donors (Lipinski definition) is 1. The number of Topliss-reactive ketones (excluding diaryl/α,β-unsaturated/α-hetero) is 1. The normalized spacial score (nSPS) is 10.9. The van der Waals surface area contributed by atoms with E-state index in [0.29, 0.717) is 10.8 Å². The van der Waals surface area contributed by atoms with Crippen LogP contribution in [-0.2, 0) is 9.53 Å². The number of pyridine rings is 1. The van der Waals surface area contributed by atoms with Gasteiger partial charge in [0.1, 0.15) is 10.8 Å². The van der Waals surface area contributed by atoms with Gasteiger partial charge >= 0.3 is 5.97 Å². The zero-order valence-electron chi connectivity index (χ0n) is 10.4. The highest BCUT2D eigenvalue weighted by atomic mass is 35.5. The predicted octanol–water partition coefficient (Wildman–Crippen LogP) is 2.73. The summed E-state index contributed by atoms with van der Waals surface area (Å²) in [5.74, 6) is -1.56. The monoisotopic (exact) mass is 288 g/mol. The molecule has 5 nitrogen and oxygen atoms in total. The van der Waals surface area contributed by atoms with Crippen LogP contribution in [0.4, 0.5) is 0 Å². The van der Waals surface area contributed by atoms with Crippen LogP contribution in [0.3, 0.4) is 0 Å². The average molecular weight is 289 g/mol. The third kappa shape index (κ3) is 1.92. The maximum atomic E-state index is 11.8. The van der Waals surface area contributed by atoms with Crippen molar-refractivity contribution in [2.75, 3.05) is 7.11 Å². The molecule has 0 saturated heterocycles. The van der Waals surface area contributed by atoms with Crippen molar-refractivity contribution in [3.63, 3.8) is 0 Å². The number of fused-ring (bicyclic) bond motifs is 3. The molecule has 1 aromatic carbocycles. The van der Waals surface area contributed by atoms with Crippen LogP contribution in [0, 0.1) is 0 Å². The number of nitrogens with zero attached hydrogens (tertiary/aromatic N) is 1. The summed E-state index contributed by atoms with van der Waals surface area (Å²) in [5, 5.41) is 2.03. The number of ketones is 1. The molecule has 20 heavy (non-hydrogen) atoms. The third-order valence-corrected chi connectivity index (χ3v) is 3.27. The summed E-state index contributed by atoms with van der Waals surface area (Å²) in [5.41, 5.74) is 1.73. The van der Waals surface area contributed by atoms with E-state index >= 15 is 0 Å². The van der Waals surface area contributed by atoms with E-state index in [1.54, 1.807) is 24.3 Å². The molecule has 3 rings (SSSR count). The van der Waals surface area contributed by atoms with Crippen molar-refractivity contribution in [3.05, 3.63) is 41.0 Å². The lowest BCUT2D eigenvalue weighted by Crippen LogP contribution is -2.15. The molecule has 2 heterocycles. The molecule has 0 amide bonds. The number of aromatic nitrogens is 2. The minimum atomic E-state index is -0.884. The number of benzene rings is 1. The second-order valence-electron chi connectivity index (χ2n) is 4.24. The number of ether oxygens (including phenoxy) is 1. The van der Waals surface area contributed by atoms with E-state index in [-0.39, 0.29) is 5.56 Å². The first-order valence-corrected chi connectivity index (χ1v) is 6.18. The Kier molecular flexibility index (Phi) is 2.91. The van der Waals surface area contributed by atoms with Gasteiger partial charge in [-0.2, -0.15) is 0 Å². The lowest BCUT2D eigenvalue weighted by molar-refractivity contribution is -0.135. The molecule has 0 fully saturated rings. The molecule has 6 heteroatoms. The zero-order valence-corrected chi connectivity index (χ0v) is 11.2. The van der Waals surface area contributed by atoms with Crippen LogP contribution >= 0.6 is 11.6 Å². The summed E-state index contributed by atoms with van der Waals surface area (Å²) in [6, 6.07) is 8.42. The fourth-order valence-electron chi connectivity index (χ4n) is 2.10. The Morgan fingerprint density at radius 3 is 2.75 bits per heavy atom. The van der Waals surface area contributed by atoms with Crippen molar-refractivity contribution < 1.29 is 14.3 Å². The average Bonchev–Trinajstić information content (AvgIpc) is 2.81. The van der Waals surface area contributed by atoms with Crippen molar-refractivity contribution in [2.24, 2.45) is 0 Å². The van der Waals surface area contributed by atoms with Crippen molar-refractivity contribution in [3.8, 4) is 0 Å². The third-order valence-electron chi connectivity index (χ3n) is 3.06. The Hall–Kier alpha value is -2.40. The van der Waals surface area contributed by atoms with Crippen LogP contribution in [0.5, 0.6) is 0 Å². The second kappa shape index (κ2) is 4.61. The van der Waals surface area contributed by atoms with Gasteiger partial charge in [0.25, 0.3) is 5.78 Å². The highest BCUT2D eigenvalue weighted by molar-refractivity contribution is 6.41. The smallest absolute Gasteiger partial charge is 0.379 e. The second-order valence-corrected chi connectivity index (χ2v) is 4.62. The molecule has 2 aromatic heterocycles. The van der Waals surface area contributed by atoms with Crippen molar-refractivity contribution >= 4 is 45.3 Å². The standard InChI is InChI=1S/C14H9ClN2O3/c1-20-14(19)12(18)7-2-4-10-9(6-7)8-3-5-11(15)17-13(8)16-10/h2-6H,1H3,(H,16,17). The predicted molar refractivity (Wildman–Crippen MR) is 75.0 cm³/mol. The number of nitrogens with one attached hydrogen (secondary N) is 1. The van der Waals surface area contributed by atoms with Gasteiger partial charge in [0.05, 0.1) is 7.11 Å². The van der Waals surface area contributed by atoms with E-state index in [2.05, 4.69) is 14.7 Å². The van der Waals surface area contributed by atoms with Crippen LogP contribution in [-0.4, -0.2) is 28.8 Å². The molecular formula is C14H9ClN2O3. The number of carbonyl (C=O) groups is 2. The molecule has 1 N–H and O–H groups in total. The van der Waals surface area contributed by atoms with Crippen LogP contribution < -0.4 is 0 Å². The number of methoxy groups -OCH3 is 1. The molecule has 3 aromatic rings. The van der Waals surface area contributed by atoms with Gasteiger partial charge in [0, 0.05) is 21.9 Å². The van der Waals surface area contributed by atoms with Crippen LogP contribution in [0.2, 0.25) is 5.15 Å². The van der Waals surface area contributed by atoms with E-state index < -0.39 is 11.8 Å². The minimum absolute atomic E-state index is 0.278. The molecule has 0 unspecified atom stereocenters. The van der Waals surface area contributed by atoms with Crippen molar-refractivity contribution in [2.45, 2.75) is 0 Å². The number of halogens is 1. The number of H-pyrrole nitrogens is 1. The molecule has 0 aliphatic heterocycles. The lowest BCUT2D eigenvalue weighted by atomic mass is 10.1. The SMILES string of the molecule is COC(=O)C(=O)c1ccc2[nH]c3nc(Cl)ccc3c2c1. The number of esters is 1. The molecule has 0 spiro atoms. The summed E-state index contributed by atoms with van der Waals surface area (Å²) in [6.45, 7) is 0. The van der Waals surface area contributed by atoms with Gasteiger partial charge in [-0.1, -0.05) is 11.6 Å². The number of carbonyl (C=O) groups excluding carboxylic acids is 2. The van der Waals surface area contributed by atoms with Crippen LogP contribution in [0.25, 0.3) is 21.9 Å². The fourth-order valence-corrected chi connectivity index (χ4v) is 2.25. The maximum Gasteiger partial charge on any atom is 0.379 e. The number of hydrogen-bond acceptors (Lipinski definition) is 4. The van der Waals surface area contributed by atoms with Gasteiger partial charge in [-0.25, -0.2) is 9.78 Å². The Morgan fingerprint density at radius 2 is 2.00 bits per heavy atom. The summed E-state index contributed by atoms with van der Waals surface area (Å²) < 4.78 is 4.44. The Morgan fingerprint density at radius 1 is 1.20 bits per heavy atom. The quantitative estimate of drug-likeness (QED) is 0.341. The molecule has 0 atom stereocenters. The molecule has 0 radical (unpaired) electrons. The molecular weight excluding hydrogens is 280 g/mol. The van der Waals surface area contributed by atoms with Crippen LogP contribution in [0.1, 0.15) is 10.4 Å². The minimum Gasteiger partial charge on any atom is -0.463 e. The van der Waals surface area contributed by atoms with Gasteiger partial charge in [0.2, 0.25) is 0 Å². The zero-order chi connectivity index (χ0) is 14.3. The van der Waals surface area contributed by atoms with Gasteiger partial charge in [-0.15, -0.1) is 0 Å². The molecule has 0 saturated carbocycles. The fraction of sp³-hybridized carbons (Fsp3) is 0.0714. The van der Waals surface area contributed by atoms with Crippen molar-refractivity contribution in [1.29, 1.82) is 0 Å².